The van der Waals surface area contributed by atoms with Crippen molar-refractivity contribution < 1.29 is 4.74 Å². The second-order valence-corrected chi connectivity index (χ2v) is 6.07. The zero-order chi connectivity index (χ0) is 15.0. The molecule has 1 aliphatic rings. The molecule has 6 heteroatoms. The van der Waals surface area contributed by atoms with Gasteiger partial charge in [-0.25, -0.2) is 0 Å². The van der Waals surface area contributed by atoms with Gasteiger partial charge in [0.1, 0.15) is 0 Å². The first-order chi connectivity index (χ1) is 9.54. The Kier molecular flexibility index (Phi) is 11.4. The summed E-state index contributed by atoms with van der Waals surface area (Å²) < 4.78 is 5.49. The molecule has 0 aromatic rings. The summed E-state index contributed by atoms with van der Waals surface area (Å²) in [5.41, 5.74) is 0. The van der Waals surface area contributed by atoms with E-state index in [4.69, 9.17) is 4.74 Å². The van der Waals surface area contributed by atoms with Crippen LogP contribution in [0.5, 0.6) is 0 Å². The normalized spacial score (nSPS) is 21.8. The molecule has 0 aromatic carbocycles. The summed E-state index contributed by atoms with van der Waals surface area (Å²) in [6, 6.07) is 0.981. The van der Waals surface area contributed by atoms with Gasteiger partial charge in [0, 0.05) is 38.8 Å². The van der Waals surface area contributed by atoms with Crippen LogP contribution in [0, 0.1) is 5.92 Å². The fraction of sp³-hybridized carbons (Fsp3) is 0.933. The molecule has 0 aliphatic carbocycles. The second kappa shape index (κ2) is 11.5. The molecule has 0 radical (unpaired) electrons. The number of aliphatic imine (C=N–C) groups is 1. The Balaban J connectivity index is 0.00000400. The molecular weight excluding hydrogens is 379 g/mol. The summed E-state index contributed by atoms with van der Waals surface area (Å²) in [5, 5.41) is 6.78. The third-order valence-corrected chi connectivity index (χ3v) is 3.79. The fourth-order valence-corrected chi connectivity index (χ4v) is 2.46. The molecule has 1 saturated heterocycles. The van der Waals surface area contributed by atoms with Crippen molar-refractivity contribution in [1.29, 1.82) is 0 Å². The molecule has 5 nitrogen and oxygen atoms in total. The van der Waals surface area contributed by atoms with Gasteiger partial charge in [-0.3, -0.25) is 9.89 Å². The fourth-order valence-electron chi connectivity index (χ4n) is 2.46. The molecule has 1 rings (SSSR count). The van der Waals surface area contributed by atoms with Gasteiger partial charge in [-0.15, -0.1) is 24.0 Å². The molecule has 1 fully saturated rings. The van der Waals surface area contributed by atoms with Crippen molar-refractivity contribution in [2.75, 3.05) is 39.9 Å². The number of nitrogens with one attached hydrogen (secondary N) is 2. The Morgan fingerprint density at radius 1 is 1.33 bits per heavy atom. The molecule has 126 valence electrons. The predicted molar refractivity (Wildman–Crippen MR) is 101 cm³/mol. The maximum atomic E-state index is 5.49. The Labute approximate surface area is 147 Å². The number of guanidine groups is 1. The van der Waals surface area contributed by atoms with E-state index in [9.17, 15) is 0 Å². The standard InChI is InChI=1S/C15H32N4O.HI/c1-12(2)6-7-17-15(16-5)18-10-13(3)19-8-9-20-11-14(19)4;/h12-14H,6-11H2,1-5H3,(H2,16,17,18);1H. The van der Waals surface area contributed by atoms with Crippen LogP contribution in [-0.4, -0.2) is 62.8 Å². The van der Waals surface area contributed by atoms with Crippen molar-refractivity contribution in [2.45, 2.75) is 46.2 Å². The lowest BCUT2D eigenvalue weighted by molar-refractivity contribution is -0.0174. The lowest BCUT2D eigenvalue weighted by Crippen LogP contribution is -2.53. The number of morpholine rings is 1. The molecule has 0 amide bonds. The molecule has 0 aromatic heterocycles. The quantitative estimate of drug-likeness (QED) is 0.398. The Hall–Kier alpha value is -0.0800. The maximum absolute atomic E-state index is 5.49. The van der Waals surface area contributed by atoms with Gasteiger partial charge in [-0.05, 0) is 26.2 Å². The number of halogens is 1. The van der Waals surface area contributed by atoms with E-state index in [0.717, 1.165) is 45.2 Å². The van der Waals surface area contributed by atoms with Crippen LogP contribution in [0.25, 0.3) is 0 Å². The number of rotatable bonds is 6. The van der Waals surface area contributed by atoms with Crippen LogP contribution in [0.4, 0.5) is 0 Å². The smallest absolute Gasteiger partial charge is 0.191 e. The zero-order valence-electron chi connectivity index (χ0n) is 14.2. The van der Waals surface area contributed by atoms with E-state index in [1.807, 2.05) is 7.05 Å². The Morgan fingerprint density at radius 2 is 2.05 bits per heavy atom. The van der Waals surface area contributed by atoms with Crippen molar-refractivity contribution in [3.8, 4) is 0 Å². The number of hydrogen-bond acceptors (Lipinski definition) is 3. The highest BCUT2D eigenvalue weighted by atomic mass is 127. The Morgan fingerprint density at radius 3 is 2.62 bits per heavy atom. The topological polar surface area (TPSA) is 48.9 Å². The largest absolute Gasteiger partial charge is 0.379 e. The average molecular weight is 412 g/mol. The van der Waals surface area contributed by atoms with E-state index in [0.29, 0.717) is 18.0 Å². The molecule has 2 N–H and O–H groups in total. The van der Waals surface area contributed by atoms with Gasteiger partial charge in [0.05, 0.1) is 13.2 Å². The second-order valence-electron chi connectivity index (χ2n) is 6.07. The van der Waals surface area contributed by atoms with Gasteiger partial charge in [0.2, 0.25) is 0 Å². The summed E-state index contributed by atoms with van der Waals surface area (Å²) in [6.45, 7) is 13.5. The number of ether oxygens (including phenoxy) is 1. The molecule has 21 heavy (non-hydrogen) atoms. The van der Waals surface area contributed by atoms with E-state index in [1.165, 1.54) is 0 Å². The minimum absolute atomic E-state index is 0. The van der Waals surface area contributed by atoms with E-state index < -0.39 is 0 Å². The van der Waals surface area contributed by atoms with Crippen molar-refractivity contribution in [3.63, 3.8) is 0 Å². The van der Waals surface area contributed by atoms with E-state index in [1.54, 1.807) is 0 Å². The molecule has 0 spiro atoms. The van der Waals surface area contributed by atoms with Gasteiger partial charge in [-0.2, -0.15) is 0 Å². The van der Waals surface area contributed by atoms with E-state index in [2.05, 4.69) is 48.2 Å². The summed E-state index contributed by atoms with van der Waals surface area (Å²) >= 11 is 0. The van der Waals surface area contributed by atoms with Crippen molar-refractivity contribution in [1.82, 2.24) is 15.5 Å². The lowest BCUT2D eigenvalue weighted by Gasteiger charge is -2.38. The first kappa shape index (κ1) is 20.9. The molecule has 2 unspecified atom stereocenters. The average Bonchev–Trinajstić information content (AvgIpc) is 2.42. The molecule has 0 saturated carbocycles. The zero-order valence-corrected chi connectivity index (χ0v) is 16.5. The minimum atomic E-state index is 0. The monoisotopic (exact) mass is 412 g/mol. The molecule has 1 heterocycles. The third-order valence-electron chi connectivity index (χ3n) is 3.79. The third kappa shape index (κ3) is 8.21. The van der Waals surface area contributed by atoms with Gasteiger partial charge < -0.3 is 15.4 Å². The van der Waals surface area contributed by atoms with Crippen LogP contribution in [0.15, 0.2) is 4.99 Å². The van der Waals surface area contributed by atoms with Crippen molar-refractivity contribution >= 4 is 29.9 Å². The summed E-state index contributed by atoms with van der Waals surface area (Å²) in [4.78, 5) is 6.77. The maximum Gasteiger partial charge on any atom is 0.191 e. The highest BCUT2D eigenvalue weighted by molar-refractivity contribution is 14.0. The number of hydrogen-bond donors (Lipinski definition) is 2. The van der Waals surface area contributed by atoms with Gasteiger partial charge in [-0.1, -0.05) is 13.8 Å². The van der Waals surface area contributed by atoms with Gasteiger partial charge in [0.25, 0.3) is 0 Å². The highest BCUT2D eigenvalue weighted by Gasteiger charge is 2.23. The van der Waals surface area contributed by atoms with Crippen LogP contribution in [0.3, 0.4) is 0 Å². The van der Waals surface area contributed by atoms with E-state index in [-0.39, 0.29) is 24.0 Å². The summed E-state index contributed by atoms with van der Waals surface area (Å²) in [7, 11) is 1.83. The first-order valence-corrected chi connectivity index (χ1v) is 7.82. The molecular formula is C15H33IN4O. The summed E-state index contributed by atoms with van der Waals surface area (Å²) in [6.07, 6.45) is 1.16. The van der Waals surface area contributed by atoms with Crippen LogP contribution >= 0.6 is 24.0 Å². The van der Waals surface area contributed by atoms with Crippen LogP contribution < -0.4 is 10.6 Å². The summed E-state index contributed by atoms with van der Waals surface area (Å²) in [5.74, 6) is 1.62. The minimum Gasteiger partial charge on any atom is -0.379 e. The highest BCUT2D eigenvalue weighted by Crippen LogP contribution is 2.09. The lowest BCUT2D eigenvalue weighted by atomic mass is 10.1. The molecule has 0 bridgehead atoms. The SMILES string of the molecule is CN=C(NCCC(C)C)NCC(C)N1CCOCC1C.I. The van der Waals surface area contributed by atoms with E-state index >= 15 is 0 Å². The van der Waals surface area contributed by atoms with Crippen LogP contribution in [0.2, 0.25) is 0 Å². The Bertz CT molecular complexity index is 299. The van der Waals surface area contributed by atoms with Gasteiger partial charge >= 0.3 is 0 Å². The van der Waals surface area contributed by atoms with Crippen molar-refractivity contribution in [2.24, 2.45) is 10.9 Å². The van der Waals surface area contributed by atoms with Gasteiger partial charge in [0.15, 0.2) is 5.96 Å². The predicted octanol–water partition coefficient (Wildman–Crippen LogP) is 1.92. The molecule has 2 atom stereocenters. The van der Waals surface area contributed by atoms with Crippen LogP contribution in [-0.2, 0) is 4.74 Å². The number of nitrogens with zero attached hydrogens (tertiary/aromatic N) is 2. The molecule has 1 aliphatic heterocycles. The van der Waals surface area contributed by atoms with Crippen molar-refractivity contribution in [3.05, 3.63) is 0 Å². The first-order valence-electron chi connectivity index (χ1n) is 7.82. The van der Waals surface area contributed by atoms with Crippen LogP contribution in [0.1, 0.15) is 34.1 Å².